The van der Waals surface area contributed by atoms with Crippen molar-refractivity contribution in [2.45, 2.75) is 26.8 Å². The summed E-state index contributed by atoms with van der Waals surface area (Å²) in [6.45, 7) is 5.95. The first-order chi connectivity index (χ1) is 7.67. The number of hydrogen-bond donors (Lipinski definition) is 1. The van der Waals surface area contributed by atoms with Crippen molar-refractivity contribution in [1.82, 2.24) is 5.32 Å². The summed E-state index contributed by atoms with van der Waals surface area (Å²) in [6, 6.07) is 6.49. The van der Waals surface area contributed by atoms with Crippen LogP contribution in [0.15, 0.2) is 18.2 Å². The molecule has 0 aliphatic heterocycles. The Morgan fingerprint density at radius 2 is 2.25 bits per heavy atom. The summed E-state index contributed by atoms with van der Waals surface area (Å²) in [5, 5.41) is 12.0. The molecule has 2 nitrogen and oxygen atoms in total. The van der Waals surface area contributed by atoms with Crippen molar-refractivity contribution in [2.75, 3.05) is 6.54 Å². The van der Waals surface area contributed by atoms with Crippen molar-refractivity contribution in [3.05, 3.63) is 35.1 Å². The Hall–Kier alpha value is -1.40. The number of nitriles is 1. The molecule has 0 aliphatic carbocycles. The topological polar surface area (TPSA) is 35.8 Å². The average Bonchev–Trinajstić information content (AvgIpc) is 2.31. The Kier molecular flexibility index (Phi) is 4.94. The Morgan fingerprint density at radius 3 is 2.88 bits per heavy atom. The molecule has 0 saturated heterocycles. The number of rotatable bonds is 5. The first kappa shape index (κ1) is 12.7. The van der Waals surface area contributed by atoms with E-state index in [2.05, 4.69) is 19.2 Å². The van der Waals surface area contributed by atoms with Gasteiger partial charge in [0.2, 0.25) is 0 Å². The molecule has 1 N–H and O–H groups in total. The molecule has 0 fully saturated rings. The van der Waals surface area contributed by atoms with Crippen molar-refractivity contribution in [2.24, 2.45) is 5.92 Å². The van der Waals surface area contributed by atoms with Crippen molar-refractivity contribution in [3.63, 3.8) is 0 Å². The second-order valence-electron chi connectivity index (χ2n) is 4.07. The van der Waals surface area contributed by atoms with Crippen LogP contribution in [0.3, 0.4) is 0 Å². The van der Waals surface area contributed by atoms with Gasteiger partial charge in [0.25, 0.3) is 0 Å². The quantitative estimate of drug-likeness (QED) is 0.828. The van der Waals surface area contributed by atoms with Crippen molar-refractivity contribution in [3.8, 4) is 6.07 Å². The molecule has 0 aromatic heterocycles. The lowest BCUT2D eigenvalue weighted by atomic mass is 10.1. The van der Waals surface area contributed by atoms with Crippen LogP contribution in [0.5, 0.6) is 0 Å². The highest BCUT2D eigenvalue weighted by Gasteiger charge is 2.03. The van der Waals surface area contributed by atoms with E-state index in [1.54, 1.807) is 12.1 Å². The minimum atomic E-state index is -0.451. The molecule has 1 aromatic carbocycles. The van der Waals surface area contributed by atoms with E-state index >= 15 is 0 Å². The largest absolute Gasteiger partial charge is 0.312 e. The van der Waals surface area contributed by atoms with Gasteiger partial charge in [0, 0.05) is 6.54 Å². The molecule has 1 rings (SSSR count). The highest BCUT2D eigenvalue weighted by atomic mass is 19.1. The van der Waals surface area contributed by atoms with Gasteiger partial charge in [-0.1, -0.05) is 26.3 Å². The van der Waals surface area contributed by atoms with Gasteiger partial charge < -0.3 is 5.32 Å². The van der Waals surface area contributed by atoms with Crippen LogP contribution in [0.2, 0.25) is 0 Å². The van der Waals surface area contributed by atoms with E-state index in [-0.39, 0.29) is 5.56 Å². The van der Waals surface area contributed by atoms with E-state index in [0.29, 0.717) is 12.5 Å². The number of benzene rings is 1. The molecule has 0 spiro atoms. The lowest BCUT2D eigenvalue weighted by Crippen LogP contribution is -2.20. The number of nitrogens with one attached hydrogen (secondary N) is 1. The maximum Gasteiger partial charge on any atom is 0.140 e. The molecule has 1 aromatic rings. The fourth-order valence-corrected chi connectivity index (χ4v) is 1.38. The molecule has 0 radical (unpaired) electrons. The standard InChI is InChI=1S/C13H17FN2/c1-3-10(2)8-16-9-11-4-5-13(14)12(6-11)7-15/h4-6,10,16H,3,8-9H2,1-2H3. The molecule has 1 atom stereocenters. The summed E-state index contributed by atoms with van der Waals surface area (Å²) in [4.78, 5) is 0. The van der Waals surface area contributed by atoms with Crippen LogP contribution in [-0.2, 0) is 6.54 Å². The molecule has 0 saturated carbocycles. The molecular weight excluding hydrogens is 203 g/mol. The zero-order valence-corrected chi connectivity index (χ0v) is 9.76. The van der Waals surface area contributed by atoms with E-state index in [9.17, 15) is 4.39 Å². The fourth-order valence-electron chi connectivity index (χ4n) is 1.38. The van der Waals surface area contributed by atoms with Gasteiger partial charge in [0.15, 0.2) is 0 Å². The first-order valence-electron chi connectivity index (χ1n) is 5.56. The smallest absolute Gasteiger partial charge is 0.140 e. The van der Waals surface area contributed by atoms with Gasteiger partial charge in [-0.2, -0.15) is 5.26 Å². The molecular formula is C13H17FN2. The van der Waals surface area contributed by atoms with Gasteiger partial charge in [0.1, 0.15) is 11.9 Å². The van der Waals surface area contributed by atoms with E-state index in [0.717, 1.165) is 18.5 Å². The van der Waals surface area contributed by atoms with Gasteiger partial charge in [-0.15, -0.1) is 0 Å². The second kappa shape index (κ2) is 6.24. The number of hydrogen-bond acceptors (Lipinski definition) is 2. The lowest BCUT2D eigenvalue weighted by Gasteiger charge is -2.10. The van der Waals surface area contributed by atoms with Crippen molar-refractivity contribution in [1.29, 1.82) is 5.26 Å². The van der Waals surface area contributed by atoms with Gasteiger partial charge in [-0.3, -0.25) is 0 Å². The van der Waals surface area contributed by atoms with E-state index in [4.69, 9.17) is 5.26 Å². The van der Waals surface area contributed by atoms with Crippen LogP contribution in [-0.4, -0.2) is 6.54 Å². The van der Waals surface area contributed by atoms with Crippen LogP contribution in [0.1, 0.15) is 31.4 Å². The van der Waals surface area contributed by atoms with Crippen LogP contribution in [0.4, 0.5) is 4.39 Å². The number of halogens is 1. The van der Waals surface area contributed by atoms with Crippen LogP contribution < -0.4 is 5.32 Å². The molecule has 86 valence electrons. The third kappa shape index (κ3) is 3.63. The van der Waals surface area contributed by atoms with Crippen LogP contribution >= 0.6 is 0 Å². The monoisotopic (exact) mass is 220 g/mol. The molecule has 16 heavy (non-hydrogen) atoms. The maximum absolute atomic E-state index is 13.0. The second-order valence-corrected chi connectivity index (χ2v) is 4.07. The van der Waals surface area contributed by atoms with E-state index in [1.807, 2.05) is 6.07 Å². The number of nitrogens with zero attached hydrogens (tertiary/aromatic N) is 1. The van der Waals surface area contributed by atoms with Crippen molar-refractivity contribution >= 4 is 0 Å². The van der Waals surface area contributed by atoms with E-state index < -0.39 is 5.82 Å². The summed E-state index contributed by atoms with van der Waals surface area (Å²) in [6.07, 6.45) is 1.14. The SMILES string of the molecule is CCC(C)CNCc1ccc(F)c(C#N)c1. The third-order valence-corrected chi connectivity index (χ3v) is 2.67. The van der Waals surface area contributed by atoms with Gasteiger partial charge >= 0.3 is 0 Å². The zero-order valence-electron chi connectivity index (χ0n) is 9.76. The average molecular weight is 220 g/mol. The minimum Gasteiger partial charge on any atom is -0.312 e. The van der Waals surface area contributed by atoms with Gasteiger partial charge in [-0.05, 0) is 30.2 Å². The molecule has 1 unspecified atom stereocenters. The van der Waals surface area contributed by atoms with Crippen LogP contribution in [0, 0.1) is 23.1 Å². The Morgan fingerprint density at radius 1 is 1.50 bits per heavy atom. The highest BCUT2D eigenvalue weighted by molar-refractivity contribution is 5.34. The predicted molar refractivity (Wildman–Crippen MR) is 62.3 cm³/mol. The fraction of sp³-hybridized carbons (Fsp3) is 0.462. The Balaban J connectivity index is 2.52. The molecule has 0 bridgehead atoms. The summed E-state index contributed by atoms with van der Waals surface area (Å²) in [5.74, 6) is 0.184. The molecule has 0 amide bonds. The summed E-state index contributed by atoms with van der Waals surface area (Å²) >= 11 is 0. The summed E-state index contributed by atoms with van der Waals surface area (Å²) < 4.78 is 13.0. The van der Waals surface area contributed by atoms with E-state index in [1.165, 1.54) is 6.07 Å². The first-order valence-corrected chi connectivity index (χ1v) is 5.56. The highest BCUT2D eigenvalue weighted by Crippen LogP contribution is 2.09. The molecule has 0 heterocycles. The van der Waals surface area contributed by atoms with Crippen molar-refractivity contribution < 1.29 is 4.39 Å². The van der Waals surface area contributed by atoms with Gasteiger partial charge in [-0.25, -0.2) is 4.39 Å². The van der Waals surface area contributed by atoms with Gasteiger partial charge in [0.05, 0.1) is 5.56 Å². The minimum absolute atomic E-state index is 0.114. The predicted octanol–water partition coefficient (Wildman–Crippen LogP) is 2.83. The summed E-state index contributed by atoms with van der Waals surface area (Å²) in [7, 11) is 0. The third-order valence-electron chi connectivity index (χ3n) is 2.67. The van der Waals surface area contributed by atoms with Crippen LogP contribution in [0.25, 0.3) is 0 Å². The molecule has 3 heteroatoms. The molecule has 0 aliphatic rings. The zero-order chi connectivity index (χ0) is 12.0. The normalized spacial score (nSPS) is 12.1. The summed E-state index contributed by atoms with van der Waals surface area (Å²) in [5.41, 5.74) is 1.06. The maximum atomic E-state index is 13.0. The Labute approximate surface area is 96.1 Å². The Bertz CT molecular complexity index is 382. The lowest BCUT2D eigenvalue weighted by molar-refractivity contribution is 0.499.